The van der Waals surface area contributed by atoms with Gasteiger partial charge in [-0.1, -0.05) is 152 Å². The third-order valence-corrected chi connectivity index (χ3v) is 5.67. The fraction of sp³-hybridized carbons (Fsp3) is 0.600. The molecule has 0 aliphatic heterocycles. The normalized spacial score (nSPS) is 10.5. The molecule has 174 valence electrons. The maximum Gasteiger partial charge on any atom is 0.0466 e. The quantitative estimate of drug-likeness (QED) is 0.229. The van der Waals surface area contributed by atoms with Gasteiger partial charge in [-0.3, -0.25) is 0 Å². The molecular weight excluding hydrogens is 376 g/mol. The second kappa shape index (κ2) is 21.6. The summed E-state index contributed by atoms with van der Waals surface area (Å²) in [4.78, 5) is 0. The predicted molar refractivity (Wildman–Crippen MR) is 139 cm³/mol. The summed E-state index contributed by atoms with van der Waals surface area (Å²) in [5.74, 6) is 0. The third-order valence-electron chi connectivity index (χ3n) is 5.67. The summed E-state index contributed by atoms with van der Waals surface area (Å²) >= 11 is 0. The van der Waals surface area contributed by atoms with Gasteiger partial charge in [0, 0.05) is 13.2 Å². The molecule has 31 heavy (non-hydrogen) atoms. The lowest BCUT2D eigenvalue weighted by molar-refractivity contribution is 0.125. The van der Waals surface area contributed by atoms with Gasteiger partial charge in [-0.25, -0.2) is 0 Å². The maximum atomic E-state index is 5.69. The summed E-state index contributed by atoms with van der Waals surface area (Å²) in [6, 6.07) is 20.8. The van der Waals surface area contributed by atoms with Crippen LogP contribution in [0.25, 0.3) is 11.1 Å². The van der Waals surface area contributed by atoms with Gasteiger partial charge in [0.05, 0.1) is 0 Å². The van der Waals surface area contributed by atoms with Crippen LogP contribution in [0.15, 0.2) is 60.7 Å². The highest BCUT2D eigenvalue weighted by atomic mass is 16.5. The molecular formula is C30H48O. The van der Waals surface area contributed by atoms with Crippen molar-refractivity contribution in [3.05, 3.63) is 60.7 Å². The standard InChI is InChI=1S/C18H38O.C12H10/c1-3-5-7-9-11-13-15-17-19-18-16-14-12-10-8-6-4-2;1-3-7-11(8-4-1)12-9-5-2-6-10-12/h3-18H2,1-2H3;1-10H. The molecule has 0 saturated heterocycles. The van der Waals surface area contributed by atoms with Gasteiger partial charge < -0.3 is 4.74 Å². The second-order valence-electron chi connectivity index (χ2n) is 8.59. The van der Waals surface area contributed by atoms with Crippen LogP contribution in [0.3, 0.4) is 0 Å². The minimum absolute atomic E-state index is 0.990. The highest BCUT2D eigenvalue weighted by Gasteiger charge is 1.94. The van der Waals surface area contributed by atoms with Crippen molar-refractivity contribution in [1.82, 2.24) is 0 Å². The summed E-state index contributed by atoms with van der Waals surface area (Å²) in [5.41, 5.74) is 2.55. The molecule has 1 heteroatoms. The van der Waals surface area contributed by atoms with Crippen LogP contribution < -0.4 is 0 Å². The average molecular weight is 425 g/mol. The number of unbranched alkanes of at least 4 members (excludes halogenated alkanes) is 12. The first-order valence-corrected chi connectivity index (χ1v) is 13.1. The topological polar surface area (TPSA) is 9.23 Å². The SMILES string of the molecule is CCCCCCCCCOCCCCCCCCC.c1ccc(-c2ccccc2)cc1. The van der Waals surface area contributed by atoms with E-state index in [0.717, 1.165) is 13.2 Å². The van der Waals surface area contributed by atoms with Gasteiger partial charge in [0.25, 0.3) is 0 Å². The molecule has 0 fully saturated rings. The maximum absolute atomic E-state index is 5.69. The van der Waals surface area contributed by atoms with Gasteiger partial charge in [-0.2, -0.15) is 0 Å². The lowest BCUT2D eigenvalue weighted by Gasteiger charge is -2.04. The second-order valence-corrected chi connectivity index (χ2v) is 8.59. The zero-order valence-corrected chi connectivity index (χ0v) is 20.5. The molecule has 0 aromatic heterocycles. The van der Waals surface area contributed by atoms with E-state index in [-0.39, 0.29) is 0 Å². The predicted octanol–water partition coefficient (Wildman–Crippen LogP) is 9.86. The Hall–Kier alpha value is -1.60. The zero-order valence-electron chi connectivity index (χ0n) is 20.5. The van der Waals surface area contributed by atoms with Crippen LogP contribution in [0.5, 0.6) is 0 Å². The first-order chi connectivity index (χ1) is 15.4. The molecule has 0 N–H and O–H groups in total. The molecule has 0 radical (unpaired) electrons. The molecule has 0 heterocycles. The van der Waals surface area contributed by atoms with Gasteiger partial charge in [0.15, 0.2) is 0 Å². The Morgan fingerprint density at radius 2 is 0.742 bits per heavy atom. The smallest absolute Gasteiger partial charge is 0.0466 e. The van der Waals surface area contributed by atoms with E-state index in [9.17, 15) is 0 Å². The zero-order chi connectivity index (χ0) is 22.2. The molecule has 0 bridgehead atoms. The third kappa shape index (κ3) is 16.7. The van der Waals surface area contributed by atoms with Crippen molar-refractivity contribution in [2.75, 3.05) is 13.2 Å². The summed E-state index contributed by atoms with van der Waals surface area (Å²) in [7, 11) is 0. The van der Waals surface area contributed by atoms with Crippen molar-refractivity contribution in [1.29, 1.82) is 0 Å². The minimum atomic E-state index is 0.990. The van der Waals surface area contributed by atoms with E-state index in [4.69, 9.17) is 4.74 Å². The summed E-state index contributed by atoms with van der Waals surface area (Å²) in [6.07, 6.45) is 19.3. The molecule has 2 aromatic rings. The fourth-order valence-electron chi connectivity index (χ4n) is 3.69. The highest BCUT2D eigenvalue weighted by Crippen LogP contribution is 2.17. The Morgan fingerprint density at radius 3 is 1.10 bits per heavy atom. The van der Waals surface area contributed by atoms with Crippen LogP contribution in [-0.2, 0) is 4.74 Å². The first-order valence-electron chi connectivity index (χ1n) is 13.1. The highest BCUT2D eigenvalue weighted by molar-refractivity contribution is 5.62. The molecule has 0 amide bonds. The number of hydrogen-bond donors (Lipinski definition) is 0. The van der Waals surface area contributed by atoms with E-state index in [1.165, 1.54) is 101 Å². The lowest BCUT2D eigenvalue weighted by Crippen LogP contribution is -1.97. The molecule has 0 aliphatic carbocycles. The molecule has 1 nitrogen and oxygen atoms in total. The molecule has 0 unspecified atom stereocenters. The van der Waals surface area contributed by atoms with Crippen molar-refractivity contribution >= 4 is 0 Å². The van der Waals surface area contributed by atoms with E-state index in [1.807, 2.05) is 12.1 Å². The van der Waals surface area contributed by atoms with E-state index in [1.54, 1.807) is 0 Å². The largest absolute Gasteiger partial charge is 0.381 e. The molecule has 0 spiro atoms. The van der Waals surface area contributed by atoms with Crippen molar-refractivity contribution in [2.24, 2.45) is 0 Å². The van der Waals surface area contributed by atoms with Crippen LogP contribution in [0, 0.1) is 0 Å². The summed E-state index contributed by atoms with van der Waals surface area (Å²) < 4.78 is 5.69. The van der Waals surface area contributed by atoms with Crippen LogP contribution in [0.4, 0.5) is 0 Å². The molecule has 0 aliphatic rings. The average Bonchev–Trinajstić information content (AvgIpc) is 2.83. The Morgan fingerprint density at radius 1 is 0.419 bits per heavy atom. The van der Waals surface area contributed by atoms with Gasteiger partial charge in [0.1, 0.15) is 0 Å². The number of ether oxygens (including phenoxy) is 1. The van der Waals surface area contributed by atoms with Crippen molar-refractivity contribution in [2.45, 2.75) is 104 Å². The van der Waals surface area contributed by atoms with Gasteiger partial charge >= 0.3 is 0 Å². The van der Waals surface area contributed by atoms with Crippen LogP contribution in [0.1, 0.15) is 104 Å². The number of benzene rings is 2. The van der Waals surface area contributed by atoms with E-state index < -0.39 is 0 Å². The monoisotopic (exact) mass is 424 g/mol. The van der Waals surface area contributed by atoms with Gasteiger partial charge in [0.2, 0.25) is 0 Å². The van der Waals surface area contributed by atoms with Crippen LogP contribution in [-0.4, -0.2) is 13.2 Å². The van der Waals surface area contributed by atoms with Crippen LogP contribution in [0.2, 0.25) is 0 Å². The van der Waals surface area contributed by atoms with E-state index in [0.29, 0.717) is 0 Å². The Labute approximate surface area is 193 Å². The lowest BCUT2D eigenvalue weighted by atomic mass is 10.1. The minimum Gasteiger partial charge on any atom is -0.381 e. The molecule has 0 atom stereocenters. The first kappa shape index (κ1) is 27.4. The van der Waals surface area contributed by atoms with E-state index >= 15 is 0 Å². The van der Waals surface area contributed by atoms with E-state index in [2.05, 4.69) is 62.4 Å². The molecule has 0 saturated carbocycles. The van der Waals surface area contributed by atoms with Gasteiger partial charge in [-0.15, -0.1) is 0 Å². The number of hydrogen-bond acceptors (Lipinski definition) is 1. The Kier molecular flexibility index (Phi) is 19.1. The van der Waals surface area contributed by atoms with Crippen molar-refractivity contribution in [3.63, 3.8) is 0 Å². The number of rotatable bonds is 17. The van der Waals surface area contributed by atoms with Gasteiger partial charge in [-0.05, 0) is 24.0 Å². The summed E-state index contributed by atoms with van der Waals surface area (Å²) in [5, 5.41) is 0. The van der Waals surface area contributed by atoms with Crippen LogP contribution >= 0.6 is 0 Å². The molecule has 2 aromatic carbocycles. The molecule has 2 rings (SSSR count). The fourth-order valence-corrected chi connectivity index (χ4v) is 3.69. The van der Waals surface area contributed by atoms with Crippen molar-refractivity contribution < 1.29 is 4.74 Å². The summed E-state index contributed by atoms with van der Waals surface area (Å²) in [6.45, 7) is 6.53. The Bertz CT molecular complexity index is 524. The van der Waals surface area contributed by atoms with Crippen molar-refractivity contribution in [3.8, 4) is 11.1 Å². The Balaban J connectivity index is 0.000000339.